The van der Waals surface area contributed by atoms with Gasteiger partial charge in [0.15, 0.2) is 11.5 Å². The Kier molecular flexibility index (Phi) is 4.21. The molecule has 0 aliphatic rings. The van der Waals surface area contributed by atoms with Crippen molar-refractivity contribution < 1.29 is 23.2 Å². The van der Waals surface area contributed by atoms with Crippen LogP contribution in [0.5, 0.6) is 11.5 Å². The molecule has 7 heteroatoms. The van der Waals surface area contributed by atoms with E-state index in [2.05, 4.69) is 0 Å². The topological polar surface area (TPSA) is 94.8 Å². The maximum atomic E-state index is 10.5. The van der Waals surface area contributed by atoms with Gasteiger partial charge in [-0.1, -0.05) is 0 Å². The summed E-state index contributed by atoms with van der Waals surface area (Å²) in [6.45, 7) is 0. The van der Waals surface area contributed by atoms with E-state index in [0.717, 1.165) is 18.2 Å². The van der Waals surface area contributed by atoms with Crippen LogP contribution < -0.4 is 0 Å². The summed E-state index contributed by atoms with van der Waals surface area (Å²) >= 11 is 0. The van der Waals surface area contributed by atoms with Crippen molar-refractivity contribution in [3.63, 3.8) is 0 Å². The van der Waals surface area contributed by atoms with E-state index in [4.69, 9.17) is 14.8 Å². The number of benzene rings is 1. The Hall–Kier alpha value is -0.270. The summed E-state index contributed by atoms with van der Waals surface area (Å²) in [6, 6.07) is 2.70. The van der Waals surface area contributed by atoms with E-state index in [-0.39, 0.29) is 29.6 Å². The molecule has 0 aromatic heterocycles. The Balaban J connectivity index is 0.00000144. The molecule has 0 fully saturated rings. The van der Waals surface area contributed by atoms with Crippen molar-refractivity contribution in [3.05, 3.63) is 18.2 Å². The molecular weight excluding hydrogens is 207 g/mol. The molecule has 0 spiro atoms. The van der Waals surface area contributed by atoms with Crippen LogP contribution in [0.4, 0.5) is 0 Å². The third-order valence-electron chi connectivity index (χ3n) is 1.24. The molecule has 67 valence electrons. The van der Waals surface area contributed by atoms with Crippen molar-refractivity contribution in [2.75, 3.05) is 0 Å². The first-order valence-electron chi connectivity index (χ1n) is 2.91. The molecule has 1 aromatic rings. The average Bonchev–Trinajstić information content (AvgIpc) is 1.92. The molecule has 1 aromatic carbocycles. The SMILES string of the molecule is O=S(=O)(O)c1ccc(O)c(O)c1.[Na]. The monoisotopic (exact) mass is 213 g/mol. The van der Waals surface area contributed by atoms with E-state index in [1.165, 1.54) is 0 Å². The van der Waals surface area contributed by atoms with E-state index in [1.54, 1.807) is 0 Å². The van der Waals surface area contributed by atoms with Crippen LogP contribution in [0.1, 0.15) is 0 Å². The summed E-state index contributed by atoms with van der Waals surface area (Å²) in [7, 11) is -4.31. The largest absolute Gasteiger partial charge is 0.504 e. The van der Waals surface area contributed by atoms with Gasteiger partial charge in [-0.3, -0.25) is 4.55 Å². The number of phenolic OH excluding ortho intramolecular Hbond substituents is 2. The Morgan fingerprint density at radius 2 is 1.62 bits per heavy atom. The van der Waals surface area contributed by atoms with E-state index in [9.17, 15) is 8.42 Å². The van der Waals surface area contributed by atoms with Crippen LogP contribution >= 0.6 is 0 Å². The van der Waals surface area contributed by atoms with Gasteiger partial charge in [-0.25, -0.2) is 0 Å². The summed E-state index contributed by atoms with van der Waals surface area (Å²) in [5, 5.41) is 17.6. The number of hydrogen-bond acceptors (Lipinski definition) is 4. The predicted molar refractivity (Wildman–Crippen MR) is 45.3 cm³/mol. The second kappa shape index (κ2) is 4.30. The van der Waals surface area contributed by atoms with Gasteiger partial charge < -0.3 is 10.2 Å². The van der Waals surface area contributed by atoms with E-state index >= 15 is 0 Å². The van der Waals surface area contributed by atoms with Crippen molar-refractivity contribution in [1.29, 1.82) is 0 Å². The molecule has 1 rings (SSSR count). The predicted octanol–water partition coefficient (Wildman–Crippen LogP) is -0.0363. The van der Waals surface area contributed by atoms with E-state index < -0.39 is 26.5 Å². The van der Waals surface area contributed by atoms with Crippen LogP contribution in [-0.4, -0.2) is 52.7 Å². The molecule has 0 saturated carbocycles. The average molecular weight is 213 g/mol. The number of hydrogen-bond donors (Lipinski definition) is 3. The Morgan fingerprint density at radius 1 is 1.08 bits per heavy atom. The number of aromatic hydroxyl groups is 2. The van der Waals surface area contributed by atoms with Gasteiger partial charge in [0.1, 0.15) is 0 Å². The Labute approximate surface area is 97.1 Å². The van der Waals surface area contributed by atoms with Gasteiger partial charge in [0.2, 0.25) is 0 Å². The van der Waals surface area contributed by atoms with Crippen LogP contribution in [0.3, 0.4) is 0 Å². The van der Waals surface area contributed by atoms with Gasteiger partial charge in [-0.15, -0.1) is 0 Å². The quantitative estimate of drug-likeness (QED) is 0.346. The van der Waals surface area contributed by atoms with Crippen molar-refractivity contribution in [2.45, 2.75) is 4.90 Å². The van der Waals surface area contributed by atoms with Gasteiger partial charge in [0.25, 0.3) is 10.1 Å². The molecule has 5 nitrogen and oxygen atoms in total. The Bertz CT molecular complexity index is 399. The number of rotatable bonds is 1. The van der Waals surface area contributed by atoms with Crippen molar-refractivity contribution >= 4 is 39.7 Å². The van der Waals surface area contributed by atoms with Crippen LogP contribution in [0, 0.1) is 0 Å². The zero-order chi connectivity index (χ0) is 9.35. The first-order chi connectivity index (χ1) is 5.41. The van der Waals surface area contributed by atoms with Crippen LogP contribution in [-0.2, 0) is 10.1 Å². The van der Waals surface area contributed by atoms with E-state index in [1.807, 2.05) is 0 Å². The second-order valence-corrected chi connectivity index (χ2v) is 3.55. The van der Waals surface area contributed by atoms with Gasteiger partial charge >= 0.3 is 0 Å². The van der Waals surface area contributed by atoms with Crippen molar-refractivity contribution in [3.8, 4) is 11.5 Å². The van der Waals surface area contributed by atoms with Crippen molar-refractivity contribution in [2.24, 2.45) is 0 Å². The van der Waals surface area contributed by atoms with Gasteiger partial charge in [0.05, 0.1) is 4.90 Å². The van der Waals surface area contributed by atoms with Crippen molar-refractivity contribution in [1.82, 2.24) is 0 Å². The summed E-state index contributed by atoms with van der Waals surface area (Å²) in [6.07, 6.45) is 0. The molecular formula is C6H6NaO5S. The third-order valence-corrected chi connectivity index (χ3v) is 2.09. The molecule has 3 N–H and O–H groups in total. The Morgan fingerprint density at radius 3 is 2.00 bits per heavy atom. The smallest absolute Gasteiger partial charge is 0.294 e. The van der Waals surface area contributed by atoms with Gasteiger partial charge in [0, 0.05) is 35.6 Å². The normalized spacial score (nSPS) is 10.5. The molecule has 0 atom stereocenters. The molecule has 0 amide bonds. The van der Waals surface area contributed by atoms with Gasteiger partial charge in [-0.2, -0.15) is 8.42 Å². The molecule has 13 heavy (non-hydrogen) atoms. The van der Waals surface area contributed by atoms with E-state index in [0.29, 0.717) is 0 Å². The fraction of sp³-hybridized carbons (Fsp3) is 0. The fourth-order valence-electron chi connectivity index (χ4n) is 0.664. The molecule has 0 bridgehead atoms. The minimum absolute atomic E-state index is 0. The van der Waals surface area contributed by atoms with Crippen LogP contribution in [0.25, 0.3) is 0 Å². The zero-order valence-corrected chi connectivity index (χ0v) is 9.61. The maximum absolute atomic E-state index is 10.5. The van der Waals surface area contributed by atoms with Crippen LogP contribution in [0.15, 0.2) is 23.1 Å². The summed E-state index contributed by atoms with van der Waals surface area (Å²) < 4.78 is 29.4. The summed E-state index contributed by atoms with van der Waals surface area (Å²) in [5.41, 5.74) is 0. The molecule has 1 radical (unpaired) electrons. The summed E-state index contributed by atoms with van der Waals surface area (Å²) in [5.74, 6) is -1.03. The third kappa shape index (κ3) is 3.17. The fourth-order valence-corrected chi connectivity index (χ4v) is 1.16. The minimum atomic E-state index is -4.31. The maximum Gasteiger partial charge on any atom is 0.294 e. The first kappa shape index (κ1) is 12.7. The summed E-state index contributed by atoms with van der Waals surface area (Å²) in [4.78, 5) is -0.460. The standard InChI is InChI=1S/C6H6O5S.Na/c7-5-2-1-4(3-6(5)8)12(9,10)11;/h1-3,7-8H,(H,9,10,11);. The molecule has 0 saturated heterocycles. The second-order valence-electron chi connectivity index (χ2n) is 2.13. The first-order valence-corrected chi connectivity index (χ1v) is 4.35. The van der Waals surface area contributed by atoms with Crippen LogP contribution in [0.2, 0.25) is 0 Å². The number of phenols is 2. The van der Waals surface area contributed by atoms with Gasteiger partial charge in [-0.05, 0) is 12.1 Å². The molecule has 0 unspecified atom stereocenters. The molecule has 0 aliphatic heterocycles. The zero-order valence-electron chi connectivity index (χ0n) is 6.80. The molecule has 0 aliphatic carbocycles. The minimum Gasteiger partial charge on any atom is -0.504 e. The molecule has 0 heterocycles.